The van der Waals surface area contributed by atoms with Gasteiger partial charge < -0.3 is 9.88 Å². The molecular weight excluding hydrogens is 356 g/mol. The molecule has 1 N–H and O–H groups in total. The Labute approximate surface area is 162 Å². The number of benzene rings is 1. The van der Waals surface area contributed by atoms with E-state index in [2.05, 4.69) is 27.3 Å². The van der Waals surface area contributed by atoms with E-state index in [0.29, 0.717) is 17.1 Å². The van der Waals surface area contributed by atoms with E-state index in [-0.39, 0.29) is 18.2 Å². The van der Waals surface area contributed by atoms with Crippen molar-refractivity contribution in [3.8, 4) is 11.4 Å². The highest BCUT2D eigenvalue weighted by Gasteiger charge is 2.22. The summed E-state index contributed by atoms with van der Waals surface area (Å²) in [4.78, 5) is 30.9. The van der Waals surface area contributed by atoms with E-state index in [9.17, 15) is 9.59 Å². The molecule has 0 atom stereocenters. The fourth-order valence-corrected chi connectivity index (χ4v) is 3.30. The van der Waals surface area contributed by atoms with Gasteiger partial charge in [0.05, 0.1) is 0 Å². The van der Waals surface area contributed by atoms with Crippen molar-refractivity contribution >= 4 is 11.7 Å². The summed E-state index contributed by atoms with van der Waals surface area (Å²) in [5.74, 6) is 0.240. The fraction of sp³-hybridized carbons (Fsp3) is 0.350. The van der Waals surface area contributed by atoms with Crippen LogP contribution in [0.5, 0.6) is 0 Å². The maximum absolute atomic E-state index is 12.5. The zero-order valence-corrected chi connectivity index (χ0v) is 15.8. The highest BCUT2D eigenvalue weighted by atomic mass is 16.2. The first kappa shape index (κ1) is 18.1. The molecular formula is C20H22N6O2. The number of rotatable bonds is 6. The van der Waals surface area contributed by atoms with E-state index in [1.54, 1.807) is 17.2 Å². The maximum Gasteiger partial charge on any atom is 0.270 e. The van der Waals surface area contributed by atoms with Gasteiger partial charge in [-0.15, -0.1) is 10.2 Å². The molecule has 8 nitrogen and oxygen atoms in total. The Hall–Kier alpha value is -3.29. The molecule has 1 fully saturated rings. The van der Waals surface area contributed by atoms with Crippen molar-refractivity contribution in [1.82, 2.24) is 30.1 Å². The Kier molecular flexibility index (Phi) is 5.01. The summed E-state index contributed by atoms with van der Waals surface area (Å²) in [7, 11) is 0. The molecule has 4 rings (SSSR count). The number of H-pyrrole nitrogens is 1. The van der Waals surface area contributed by atoms with Crippen LogP contribution in [-0.2, 0) is 13.0 Å². The minimum Gasteiger partial charge on any atom is -0.356 e. The molecule has 2 aromatic heterocycles. The van der Waals surface area contributed by atoms with Crippen LogP contribution in [0.4, 0.5) is 0 Å². The van der Waals surface area contributed by atoms with Crippen LogP contribution in [0.2, 0.25) is 0 Å². The van der Waals surface area contributed by atoms with Gasteiger partial charge in [-0.2, -0.15) is 4.80 Å². The first-order chi connectivity index (χ1) is 13.6. The van der Waals surface area contributed by atoms with Gasteiger partial charge in [0.2, 0.25) is 5.82 Å². The van der Waals surface area contributed by atoms with Gasteiger partial charge in [0, 0.05) is 30.4 Å². The summed E-state index contributed by atoms with van der Waals surface area (Å²) in [6.45, 7) is 3.60. The highest BCUT2D eigenvalue weighted by Crippen LogP contribution is 2.16. The van der Waals surface area contributed by atoms with E-state index in [0.717, 1.165) is 37.9 Å². The summed E-state index contributed by atoms with van der Waals surface area (Å²) < 4.78 is 0. The number of nitrogens with one attached hydrogen (secondary N) is 1. The molecule has 0 spiro atoms. The van der Waals surface area contributed by atoms with Crippen LogP contribution in [0.15, 0.2) is 36.5 Å². The number of tetrazole rings is 1. The van der Waals surface area contributed by atoms with Gasteiger partial charge in [-0.05, 0) is 36.1 Å². The second kappa shape index (κ2) is 7.75. The van der Waals surface area contributed by atoms with Crippen LogP contribution in [-0.4, -0.2) is 54.9 Å². The Morgan fingerprint density at radius 3 is 2.61 bits per heavy atom. The van der Waals surface area contributed by atoms with Crippen LogP contribution < -0.4 is 0 Å². The molecule has 0 unspecified atom stereocenters. The Bertz CT molecular complexity index is 982. The van der Waals surface area contributed by atoms with E-state index >= 15 is 0 Å². The molecule has 8 heteroatoms. The summed E-state index contributed by atoms with van der Waals surface area (Å²) in [5, 5.41) is 12.3. The van der Waals surface area contributed by atoms with Gasteiger partial charge in [-0.1, -0.05) is 31.2 Å². The largest absolute Gasteiger partial charge is 0.356 e. The third kappa shape index (κ3) is 3.71. The Morgan fingerprint density at radius 2 is 1.89 bits per heavy atom. The number of hydrogen-bond acceptors (Lipinski definition) is 5. The Balaban J connectivity index is 1.42. The molecule has 1 amide bonds. The summed E-state index contributed by atoms with van der Waals surface area (Å²) >= 11 is 0. The van der Waals surface area contributed by atoms with Crippen molar-refractivity contribution in [2.45, 2.75) is 32.7 Å². The first-order valence-corrected chi connectivity index (χ1v) is 9.52. The Morgan fingerprint density at radius 1 is 1.14 bits per heavy atom. The van der Waals surface area contributed by atoms with Crippen molar-refractivity contribution in [2.24, 2.45) is 0 Å². The van der Waals surface area contributed by atoms with Gasteiger partial charge in [-0.3, -0.25) is 9.59 Å². The third-order valence-electron chi connectivity index (χ3n) is 4.99. The van der Waals surface area contributed by atoms with Crippen LogP contribution in [0.25, 0.3) is 11.4 Å². The van der Waals surface area contributed by atoms with E-state index in [1.807, 2.05) is 24.3 Å². The van der Waals surface area contributed by atoms with Crippen molar-refractivity contribution in [3.05, 3.63) is 53.3 Å². The SMILES string of the molecule is CCc1ccc(-c2nnn(CC(=O)c3c[nH]c(C(=O)N4CCCC4)c3)n2)cc1. The summed E-state index contributed by atoms with van der Waals surface area (Å²) in [6.07, 6.45) is 4.58. The number of carbonyl (C=O) groups excluding carboxylic acids is 2. The number of aromatic amines is 1. The van der Waals surface area contributed by atoms with Crippen LogP contribution >= 0.6 is 0 Å². The monoisotopic (exact) mass is 378 g/mol. The topological polar surface area (TPSA) is 96.8 Å². The molecule has 1 saturated heterocycles. The quantitative estimate of drug-likeness (QED) is 0.664. The molecule has 0 bridgehead atoms. The lowest BCUT2D eigenvalue weighted by atomic mass is 10.1. The highest BCUT2D eigenvalue weighted by molar-refractivity contribution is 6.00. The van der Waals surface area contributed by atoms with E-state index < -0.39 is 0 Å². The van der Waals surface area contributed by atoms with Crippen molar-refractivity contribution in [3.63, 3.8) is 0 Å². The van der Waals surface area contributed by atoms with Crippen LogP contribution in [0.3, 0.4) is 0 Å². The van der Waals surface area contributed by atoms with Crippen molar-refractivity contribution in [1.29, 1.82) is 0 Å². The van der Waals surface area contributed by atoms with Gasteiger partial charge >= 0.3 is 0 Å². The van der Waals surface area contributed by atoms with E-state index in [4.69, 9.17) is 0 Å². The standard InChI is InChI=1S/C20H22N6O2/c1-2-14-5-7-15(8-6-14)19-22-24-26(23-19)13-18(27)16-11-17(21-12-16)20(28)25-9-3-4-10-25/h5-8,11-12,21H,2-4,9-10,13H2,1H3. The molecule has 144 valence electrons. The molecule has 1 aliphatic rings. The van der Waals surface area contributed by atoms with Crippen molar-refractivity contribution in [2.75, 3.05) is 13.1 Å². The molecule has 28 heavy (non-hydrogen) atoms. The number of ketones is 1. The summed E-state index contributed by atoms with van der Waals surface area (Å²) in [5.41, 5.74) is 2.97. The number of hydrogen-bond donors (Lipinski definition) is 1. The second-order valence-corrected chi connectivity index (χ2v) is 6.92. The lowest BCUT2D eigenvalue weighted by molar-refractivity contribution is 0.0787. The third-order valence-corrected chi connectivity index (χ3v) is 4.99. The molecule has 3 heterocycles. The second-order valence-electron chi connectivity index (χ2n) is 6.92. The van der Waals surface area contributed by atoms with E-state index in [1.165, 1.54) is 10.4 Å². The number of Topliss-reactive ketones (excluding diaryl/α,β-unsaturated/α-hetero) is 1. The van der Waals surface area contributed by atoms with Gasteiger partial charge in [0.1, 0.15) is 12.2 Å². The normalized spacial score (nSPS) is 13.8. The summed E-state index contributed by atoms with van der Waals surface area (Å²) in [6, 6.07) is 9.55. The zero-order chi connectivity index (χ0) is 19.5. The average Bonchev–Trinajstić information content (AvgIpc) is 3.49. The van der Waals surface area contributed by atoms with Crippen LogP contribution in [0, 0.1) is 0 Å². The lowest BCUT2D eigenvalue weighted by Gasteiger charge is -2.13. The predicted molar refractivity (Wildman–Crippen MR) is 103 cm³/mol. The number of carbonyl (C=O) groups is 2. The molecule has 0 radical (unpaired) electrons. The molecule has 1 aliphatic heterocycles. The van der Waals surface area contributed by atoms with Gasteiger partial charge in [0.15, 0.2) is 5.78 Å². The molecule has 0 saturated carbocycles. The number of aromatic nitrogens is 5. The smallest absolute Gasteiger partial charge is 0.270 e. The minimum absolute atomic E-state index is 0.0325. The molecule has 3 aromatic rings. The van der Waals surface area contributed by atoms with Gasteiger partial charge in [-0.25, -0.2) is 0 Å². The zero-order valence-electron chi connectivity index (χ0n) is 15.8. The van der Waals surface area contributed by atoms with Gasteiger partial charge in [0.25, 0.3) is 5.91 Å². The first-order valence-electron chi connectivity index (χ1n) is 9.52. The lowest BCUT2D eigenvalue weighted by Crippen LogP contribution is -2.27. The van der Waals surface area contributed by atoms with Crippen LogP contribution in [0.1, 0.15) is 46.2 Å². The average molecular weight is 378 g/mol. The number of aryl methyl sites for hydroxylation is 1. The number of amides is 1. The predicted octanol–water partition coefficient (Wildman–Crippen LogP) is 2.35. The number of likely N-dealkylation sites (tertiary alicyclic amines) is 1. The minimum atomic E-state index is -0.179. The molecule has 0 aliphatic carbocycles. The molecule has 1 aromatic carbocycles. The number of nitrogens with zero attached hydrogens (tertiary/aromatic N) is 5. The maximum atomic E-state index is 12.5. The van der Waals surface area contributed by atoms with Crippen molar-refractivity contribution < 1.29 is 9.59 Å². The fourth-order valence-electron chi connectivity index (χ4n) is 3.30.